The van der Waals surface area contributed by atoms with Crippen LogP contribution in [0.1, 0.15) is 32.6 Å². The smallest absolute Gasteiger partial charge is 0.307 e. The number of carboxylic acids is 1. The van der Waals surface area contributed by atoms with E-state index in [1.807, 2.05) is 0 Å². The van der Waals surface area contributed by atoms with Crippen LogP contribution < -0.4 is 0 Å². The number of ether oxygens (including phenoxy) is 1. The molecule has 1 aliphatic carbocycles. The Morgan fingerprint density at radius 1 is 1.32 bits per heavy atom. The van der Waals surface area contributed by atoms with Gasteiger partial charge in [-0.1, -0.05) is 13.3 Å². The summed E-state index contributed by atoms with van der Waals surface area (Å²) in [5, 5.41) is 9.25. The van der Waals surface area contributed by atoms with Crippen molar-refractivity contribution in [2.24, 2.45) is 17.8 Å². The molecule has 110 valence electrons. The van der Waals surface area contributed by atoms with Crippen molar-refractivity contribution in [1.82, 2.24) is 4.90 Å². The third kappa shape index (κ3) is 4.20. The molecule has 1 amide bonds. The van der Waals surface area contributed by atoms with Crippen molar-refractivity contribution in [2.75, 3.05) is 27.3 Å². The summed E-state index contributed by atoms with van der Waals surface area (Å²) in [6.45, 7) is 3.28. The quantitative estimate of drug-likeness (QED) is 0.714. The second-order valence-corrected chi connectivity index (χ2v) is 5.40. The topological polar surface area (TPSA) is 66.8 Å². The van der Waals surface area contributed by atoms with Crippen LogP contribution in [0.15, 0.2) is 0 Å². The Balaban J connectivity index is 2.60. The zero-order valence-electron chi connectivity index (χ0n) is 12.1. The fraction of sp³-hybridized carbons (Fsp3) is 0.857. The number of hydrogen-bond acceptors (Lipinski definition) is 3. The maximum atomic E-state index is 12.3. The zero-order valence-corrected chi connectivity index (χ0v) is 12.1. The second-order valence-electron chi connectivity index (χ2n) is 5.40. The Labute approximate surface area is 114 Å². The van der Waals surface area contributed by atoms with Gasteiger partial charge in [0.05, 0.1) is 11.8 Å². The molecule has 0 aromatic carbocycles. The van der Waals surface area contributed by atoms with Gasteiger partial charge in [0.2, 0.25) is 5.91 Å². The highest BCUT2D eigenvalue weighted by molar-refractivity contribution is 5.85. The molecule has 0 spiro atoms. The molecule has 0 aromatic heterocycles. The average Bonchev–Trinajstić information content (AvgIpc) is 2.82. The van der Waals surface area contributed by atoms with E-state index in [1.165, 1.54) is 0 Å². The van der Waals surface area contributed by atoms with Crippen LogP contribution in [0.4, 0.5) is 0 Å². The molecule has 3 atom stereocenters. The van der Waals surface area contributed by atoms with Gasteiger partial charge in [-0.05, 0) is 25.2 Å². The van der Waals surface area contributed by atoms with E-state index in [9.17, 15) is 14.7 Å². The first-order chi connectivity index (χ1) is 9.01. The first-order valence-electron chi connectivity index (χ1n) is 6.97. The van der Waals surface area contributed by atoms with Crippen LogP contribution in [0.5, 0.6) is 0 Å². The molecule has 1 saturated carbocycles. The lowest BCUT2D eigenvalue weighted by molar-refractivity contribution is -0.148. The Morgan fingerprint density at radius 3 is 2.47 bits per heavy atom. The van der Waals surface area contributed by atoms with Gasteiger partial charge in [-0.3, -0.25) is 9.59 Å². The van der Waals surface area contributed by atoms with Crippen molar-refractivity contribution in [1.29, 1.82) is 0 Å². The van der Waals surface area contributed by atoms with Crippen molar-refractivity contribution in [2.45, 2.75) is 32.6 Å². The molecule has 1 N–H and O–H groups in total. The minimum atomic E-state index is -0.834. The number of nitrogens with zero attached hydrogens (tertiary/aromatic N) is 1. The normalized spacial score (nSPS) is 26.4. The molecule has 1 rings (SSSR count). The first-order valence-corrected chi connectivity index (χ1v) is 6.97. The molecule has 0 bridgehead atoms. The predicted molar refractivity (Wildman–Crippen MR) is 71.8 cm³/mol. The molecule has 5 heteroatoms. The number of carboxylic acid groups (broad SMARTS) is 1. The van der Waals surface area contributed by atoms with Crippen LogP contribution in [0.2, 0.25) is 0 Å². The lowest BCUT2D eigenvalue weighted by Crippen LogP contribution is -2.37. The Hall–Kier alpha value is -1.10. The summed E-state index contributed by atoms with van der Waals surface area (Å²) in [4.78, 5) is 25.3. The van der Waals surface area contributed by atoms with Crippen molar-refractivity contribution < 1.29 is 19.4 Å². The number of carbonyl (C=O) groups excluding carboxylic acids is 1. The summed E-state index contributed by atoms with van der Waals surface area (Å²) < 4.78 is 4.96. The first kappa shape index (κ1) is 16.0. The van der Waals surface area contributed by atoms with E-state index in [-0.39, 0.29) is 11.8 Å². The summed E-state index contributed by atoms with van der Waals surface area (Å²) >= 11 is 0. The van der Waals surface area contributed by atoms with Gasteiger partial charge in [0.1, 0.15) is 0 Å². The molecule has 0 aliphatic heterocycles. The Bertz CT molecular complexity index is 319. The number of methoxy groups -OCH3 is 1. The van der Waals surface area contributed by atoms with Crippen LogP contribution in [-0.4, -0.2) is 49.2 Å². The van der Waals surface area contributed by atoms with Crippen LogP contribution >= 0.6 is 0 Å². The fourth-order valence-corrected chi connectivity index (χ4v) is 2.86. The Kier molecular flexibility index (Phi) is 6.28. The molecule has 19 heavy (non-hydrogen) atoms. The van der Waals surface area contributed by atoms with Gasteiger partial charge in [0, 0.05) is 27.3 Å². The standard InChI is InChI=1S/C14H25NO4/c1-4-10-8-11(12(9-10)14(17)18)13(16)15(2)6-5-7-19-3/h10-12H,4-9H2,1-3H3,(H,17,18). The van der Waals surface area contributed by atoms with Gasteiger partial charge in [0.15, 0.2) is 0 Å². The van der Waals surface area contributed by atoms with E-state index < -0.39 is 11.9 Å². The van der Waals surface area contributed by atoms with E-state index in [4.69, 9.17) is 4.74 Å². The molecular weight excluding hydrogens is 246 g/mol. The molecule has 1 fully saturated rings. The van der Waals surface area contributed by atoms with Crippen LogP contribution in [0, 0.1) is 17.8 Å². The van der Waals surface area contributed by atoms with Gasteiger partial charge in [-0.15, -0.1) is 0 Å². The molecule has 0 heterocycles. The van der Waals surface area contributed by atoms with E-state index >= 15 is 0 Å². The SMILES string of the molecule is CCC1CC(C(=O)O)C(C(=O)N(C)CCCOC)C1. The van der Waals surface area contributed by atoms with Gasteiger partial charge in [0.25, 0.3) is 0 Å². The monoisotopic (exact) mass is 271 g/mol. The third-order valence-corrected chi connectivity index (χ3v) is 4.09. The molecular formula is C14H25NO4. The molecule has 0 radical (unpaired) electrons. The van der Waals surface area contributed by atoms with E-state index in [1.54, 1.807) is 19.1 Å². The van der Waals surface area contributed by atoms with Crippen molar-refractivity contribution in [3.63, 3.8) is 0 Å². The highest BCUT2D eigenvalue weighted by Crippen LogP contribution is 2.39. The van der Waals surface area contributed by atoms with E-state index in [2.05, 4.69) is 6.92 Å². The van der Waals surface area contributed by atoms with E-state index in [0.717, 1.165) is 12.8 Å². The highest BCUT2D eigenvalue weighted by atomic mass is 16.5. The molecule has 5 nitrogen and oxygen atoms in total. The summed E-state index contributed by atoms with van der Waals surface area (Å²) in [5.41, 5.74) is 0. The lowest BCUT2D eigenvalue weighted by atomic mass is 9.95. The van der Waals surface area contributed by atoms with Gasteiger partial charge < -0.3 is 14.7 Å². The zero-order chi connectivity index (χ0) is 14.4. The Morgan fingerprint density at radius 2 is 1.95 bits per heavy atom. The lowest BCUT2D eigenvalue weighted by Gasteiger charge is -2.23. The summed E-state index contributed by atoms with van der Waals surface area (Å²) in [7, 11) is 3.38. The van der Waals surface area contributed by atoms with Crippen molar-refractivity contribution in [3.8, 4) is 0 Å². The maximum Gasteiger partial charge on any atom is 0.307 e. The molecule has 3 unspecified atom stereocenters. The van der Waals surface area contributed by atoms with Gasteiger partial charge in [-0.2, -0.15) is 0 Å². The largest absolute Gasteiger partial charge is 0.481 e. The van der Waals surface area contributed by atoms with Gasteiger partial charge >= 0.3 is 5.97 Å². The third-order valence-electron chi connectivity index (χ3n) is 4.09. The van der Waals surface area contributed by atoms with Crippen molar-refractivity contribution >= 4 is 11.9 Å². The number of rotatable bonds is 7. The maximum absolute atomic E-state index is 12.3. The highest BCUT2D eigenvalue weighted by Gasteiger charge is 2.42. The van der Waals surface area contributed by atoms with Crippen LogP contribution in [-0.2, 0) is 14.3 Å². The van der Waals surface area contributed by atoms with E-state index in [0.29, 0.717) is 31.9 Å². The number of carbonyl (C=O) groups is 2. The van der Waals surface area contributed by atoms with Crippen molar-refractivity contribution in [3.05, 3.63) is 0 Å². The average molecular weight is 271 g/mol. The van der Waals surface area contributed by atoms with Crippen LogP contribution in [0.3, 0.4) is 0 Å². The summed E-state index contributed by atoms with van der Waals surface area (Å²) in [5.74, 6) is -1.36. The molecule has 0 aromatic rings. The second kappa shape index (κ2) is 7.48. The number of hydrogen-bond donors (Lipinski definition) is 1. The number of amides is 1. The summed E-state index contributed by atoms with van der Waals surface area (Å²) in [6, 6.07) is 0. The minimum Gasteiger partial charge on any atom is -0.481 e. The minimum absolute atomic E-state index is 0.0283. The van der Waals surface area contributed by atoms with Crippen LogP contribution in [0.25, 0.3) is 0 Å². The predicted octanol–water partition coefficient (Wildman–Crippen LogP) is 1.62. The number of aliphatic carboxylic acids is 1. The van der Waals surface area contributed by atoms with Gasteiger partial charge in [-0.25, -0.2) is 0 Å². The molecule has 1 aliphatic rings. The summed E-state index contributed by atoms with van der Waals surface area (Å²) in [6.07, 6.45) is 3.07. The fourth-order valence-electron chi connectivity index (χ4n) is 2.86. The molecule has 0 saturated heterocycles.